The second-order valence-electron chi connectivity index (χ2n) is 6.56. The van der Waals surface area contributed by atoms with Crippen LogP contribution in [0.25, 0.3) is 0 Å². The van der Waals surface area contributed by atoms with Gasteiger partial charge in [-0.15, -0.1) is 0 Å². The number of nitrogens with one attached hydrogen (secondary N) is 1. The Hall–Kier alpha value is -0.830. The van der Waals surface area contributed by atoms with Crippen LogP contribution in [0.1, 0.15) is 44.2 Å². The van der Waals surface area contributed by atoms with Gasteiger partial charge in [0.05, 0.1) is 5.92 Å². The summed E-state index contributed by atoms with van der Waals surface area (Å²) in [7, 11) is 0. The zero-order valence-electron chi connectivity index (χ0n) is 11.9. The first-order chi connectivity index (χ1) is 8.87. The van der Waals surface area contributed by atoms with Crippen LogP contribution in [0, 0.1) is 5.41 Å². The SMILES string of the molecule is CC(C)(C)CC(Br)CNC(=O)C1Cc2ccccc21. The average molecular weight is 324 g/mol. The number of amides is 1. The van der Waals surface area contributed by atoms with Crippen molar-refractivity contribution in [2.45, 2.75) is 44.4 Å². The molecule has 19 heavy (non-hydrogen) atoms. The van der Waals surface area contributed by atoms with Crippen LogP contribution < -0.4 is 5.32 Å². The number of hydrogen-bond donors (Lipinski definition) is 1. The van der Waals surface area contributed by atoms with Crippen molar-refractivity contribution in [1.82, 2.24) is 5.32 Å². The fourth-order valence-corrected chi connectivity index (χ4v) is 3.70. The van der Waals surface area contributed by atoms with E-state index in [0.717, 1.165) is 12.8 Å². The number of alkyl halides is 1. The van der Waals surface area contributed by atoms with E-state index in [9.17, 15) is 4.79 Å². The van der Waals surface area contributed by atoms with E-state index >= 15 is 0 Å². The van der Waals surface area contributed by atoms with Gasteiger partial charge in [0, 0.05) is 11.4 Å². The second kappa shape index (κ2) is 5.66. The maximum atomic E-state index is 12.1. The van der Waals surface area contributed by atoms with Gasteiger partial charge in [0.1, 0.15) is 0 Å². The smallest absolute Gasteiger partial charge is 0.227 e. The first-order valence-electron chi connectivity index (χ1n) is 6.86. The molecule has 1 aliphatic rings. The maximum absolute atomic E-state index is 12.1. The van der Waals surface area contributed by atoms with Crippen molar-refractivity contribution < 1.29 is 4.79 Å². The molecule has 2 unspecified atom stereocenters. The lowest BCUT2D eigenvalue weighted by Crippen LogP contribution is -2.38. The standard InChI is InChI=1S/C16H22BrNO/c1-16(2,3)9-12(17)10-18-15(19)14-8-11-6-4-5-7-13(11)14/h4-7,12,14H,8-10H2,1-3H3,(H,18,19). The van der Waals surface area contributed by atoms with Crippen molar-refractivity contribution in [3.63, 3.8) is 0 Å². The van der Waals surface area contributed by atoms with Gasteiger partial charge in [0.15, 0.2) is 0 Å². The Balaban J connectivity index is 1.81. The van der Waals surface area contributed by atoms with E-state index in [-0.39, 0.29) is 17.2 Å². The summed E-state index contributed by atoms with van der Waals surface area (Å²) in [6.07, 6.45) is 1.93. The van der Waals surface area contributed by atoms with E-state index < -0.39 is 0 Å². The highest BCUT2D eigenvalue weighted by molar-refractivity contribution is 9.09. The highest BCUT2D eigenvalue weighted by Gasteiger charge is 2.31. The summed E-state index contributed by atoms with van der Waals surface area (Å²) in [5.41, 5.74) is 2.79. The molecule has 1 amide bonds. The third kappa shape index (κ3) is 3.82. The lowest BCUT2D eigenvalue weighted by atomic mass is 9.77. The fourth-order valence-electron chi connectivity index (χ4n) is 2.56. The van der Waals surface area contributed by atoms with Gasteiger partial charge in [-0.1, -0.05) is 61.0 Å². The first kappa shape index (κ1) is 14.6. The lowest BCUT2D eigenvalue weighted by Gasteiger charge is -2.29. The van der Waals surface area contributed by atoms with Gasteiger partial charge in [0.2, 0.25) is 5.91 Å². The van der Waals surface area contributed by atoms with Crippen LogP contribution in [-0.2, 0) is 11.2 Å². The normalized spacial score (nSPS) is 19.3. The molecule has 0 radical (unpaired) electrons. The van der Waals surface area contributed by atoms with Crippen LogP contribution in [-0.4, -0.2) is 17.3 Å². The number of benzene rings is 1. The van der Waals surface area contributed by atoms with Crippen molar-refractivity contribution in [3.8, 4) is 0 Å². The molecule has 0 bridgehead atoms. The van der Waals surface area contributed by atoms with Crippen molar-refractivity contribution in [1.29, 1.82) is 0 Å². The minimum Gasteiger partial charge on any atom is -0.354 e. The highest BCUT2D eigenvalue weighted by atomic mass is 79.9. The predicted molar refractivity (Wildman–Crippen MR) is 82.7 cm³/mol. The minimum atomic E-state index is 0.0607. The van der Waals surface area contributed by atoms with E-state index in [0.29, 0.717) is 11.4 Å². The Morgan fingerprint density at radius 1 is 1.42 bits per heavy atom. The monoisotopic (exact) mass is 323 g/mol. The van der Waals surface area contributed by atoms with Crippen molar-refractivity contribution in [2.75, 3.05) is 6.54 Å². The molecule has 0 heterocycles. The zero-order chi connectivity index (χ0) is 14.0. The number of carbonyl (C=O) groups excluding carboxylic acids is 1. The molecule has 0 aliphatic heterocycles. The van der Waals surface area contributed by atoms with Crippen LogP contribution >= 0.6 is 15.9 Å². The van der Waals surface area contributed by atoms with Crippen LogP contribution in [0.15, 0.2) is 24.3 Å². The van der Waals surface area contributed by atoms with Crippen LogP contribution in [0.2, 0.25) is 0 Å². The molecule has 2 nitrogen and oxygen atoms in total. The minimum absolute atomic E-state index is 0.0607. The molecule has 1 aromatic carbocycles. The summed E-state index contributed by atoms with van der Waals surface area (Å²) in [6, 6.07) is 8.20. The summed E-state index contributed by atoms with van der Waals surface area (Å²) in [5, 5.41) is 3.06. The number of halogens is 1. The molecule has 2 rings (SSSR count). The summed E-state index contributed by atoms with van der Waals surface area (Å²) in [4.78, 5) is 12.5. The number of rotatable bonds is 4. The number of carbonyl (C=O) groups is 1. The Morgan fingerprint density at radius 3 is 2.74 bits per heavy atom. The lowest BCUT2D eigenvalue weighted by molar-refractivity contribution is -0.123. The summed E-state index contributed by atoms with van der Waals surface area (Å²) in [6.45, 7) is 7.34. The molecular weight excluding hydrogens is 302 g/mol. The molecule has 1 N–H and O–H groups in total. The summed E-state index contributed by atoms with van der Waals surface area (Å²) in [5.74, 6) is 0.225. The van der Waals surface area contributed by atoms with E-state index in [1.807, 2.05) is 12.1 Å². The van der Waals surface area contributed by atoms with Crippen LogP contribution in [0.3, 0.4) is 0 Å². The van der Waals surface area contributed by atoms with Crippen LogP contribution in [0.5, 0.6) is 0 Å². The Bertz CT molecular complexity index is 464. The summed E-state index contributed by atoms with van der Waals surface area (Å²) >= 11 is 3.65. The van der Waals surface area contributed by atoms with Gasteiger partial charge in [-0.25, -0.2) is 0 Å². The topological polar surface area (TPSA) is 29.1 Å². The Morgan fingerprint density at radius 2 is 2.11 bits per heavy atom. The van der Waals surface area contributed by atoms with Crippen molar-refractivity contribution in [2.24, 2.45) is 5.41 Å². The molecule has 104 valence electrons. The van der Waals surface area contributed by atoms with E-state index in [1.165, 1.54) is 11.1 Å². The molecule has 3 heteroatoms. The van der Waals surface area contributed by atoms with Gasteiger partial charge in [0.25, 0.3) is 0 Å². The van der Waals surface area contributed by atoms with Gasteiger partial charge < -0.3 is 5.32 Å². The number of fused-ring (bicyclic) bond motifs is 1. The molecule has 0 saturated carbocycles. The highest BCUT2D eigenvalue weighted by Crippen LogP contribution is 2.34. The molecule has 0 fully saturated rings. The zero-order valence-corrected chi connectivity index (χ0v) is 13.5. The molecule has 0 aromatic heterocycles. The second-order valence-corrected chi connectivity index (χ2v) is 7.86. The molecular formula is C16H22BrNO. The van der Waals surface area contributed by atoms with Gasteiger partial charge >= 0.3 is 0 Å². The molecule has 1 aromatic rings. The fraction of sp³-hybridized carbons (Fsp3) is 0.562. The molecule has 0 spiro atoms. The van der Waals surface area contributed by atoms with Gasteiger partial charge in [-0.2, -0.15) is 0 Å². The van der Waals surface area contributed by atoms with E-state index in [2.05, 4.69) is 54.2 Å². The molecule has 2 atom stereocenters. The predicted octanol–water partition coefficient (Wildman–Crippen LogP) is 3.64. The van der Waals surface area contributed by atoms with Crippen molar-refractivity contribution in [3.05, 3.63) is 35.4 Å². The molecule has 0 saturated heterocycles. The van der Waals surface area contributed by atoms with Gasteiger partial charge in [-0.3, -0.25) is 4.79 Å². The maximum Gasteiger partial charge on any atom is 0.227 e. The average Bonchev–Trinajstić information content (AvgIpc) is 2.26. The third-order valence-corrected chi connectivity index (χ3v) is 4.15. The summed E-state index contributed by atoms with van der Waals surface area (Å²) < 4.78 is 0. The van der Waals surface area contributed by atoms with E-state index in [1.54, 1.807) is 0 Å². The first-order valence-corrected chi connectivity index (χ1v) is 7.78. The Labute approximate surface area is 124 Å². The third-order valence-electron chi connectivity index (χ3n) is 3.50. The number of hydrogen-bond acceptors (Lipinski definition) is 1. The largest absolute Gasteiger partial charge is 0.354 e. The van der Waals surface area contributed by atoms with Gasteiger partial charge in [-0.05, 0) is 29.4 Å². The van der Waals surface area contributed by atoms with Crippen molar-refractivity contribution >= 4 is 21.8 Å². The van der Waals surface area contributed by atoms with E-state index in [4.69, 9.17) is 0 Å². The Kier molecular flexibility index (Phi) is 4.34. The quantitative estimate of drug-likeness (QED) is 0.842. The molecule has 1 aliphatic carbocycles. The van der Waals surface area contributed by atoms with Crippen LogP contribution in [0.4, 0.5) is 0 Å².